The average molecular weight is 457 g/mol. The van der Waals surface area contributed by atoms with Gasteiger partial charge in [0.1, 0.15) is 0 Å². The molecular formula is C25H21ClN6O. The van der Waals surface area contributed by atoms with Crippen LogP contribution in [0.4, 0.5) is 5.95 Å². The largest absolute Gasteiger partial charge is 0.369 e. The SMILES string of the molecule is Cc1nc(N)n2ccc(CNC(=O)c3ccnc(Cc4ccc5ncc(Cl)cc5c4)c3)cc12. The zero-order valence-electron chi connectivity index (χ0n) is 17.9. The molecule has 1 amide bonds. The number of imidazole rings is 1. The Balaban J connectivity index is 1.29. The minimum atomic E-state index is -0.155. The molecule has 0 aliphatic heterocycles. The fourth-order valence-corrected chi connectivity index (χ4v) is 4.06. The molecule has 0 spiro atoms. The second-order valence-corrected chi connectivity index (χ2v) is 8.36. The smallest absolute Gasteiger partial charge is 0.251 e. The van der Waals surface area contributed by atoms with E-state index in [1.165, 1.54) is 0 Å². The van der Waals surface area contributed by atoms with Crippen LogP contribution in [0.25, 0.3) is 16.4 Å². The number of nitrogens with two attached hydrogens (primary N) is 1. The summed E-state index contributed by atoms with van der Waals surface area (Å²) in [5, 5.41) is 4.55. The zero-order chi connectivity index (χ0) is 22.9. The van der Waals surface area contributed by atoms with E-state index in [-0.39, 0.29) is 5.91 Å². The lowest BCUT2D eigenvalue weighted by atomic mass is 10.0. The van der Waals surface area contributed by atoms with Crippen LogP contribution in [0.3, 0.4) is 0 Å². The molecule has 5 rings (SSSR count). The predicted octanol–water partition coefficient (Wildman–Crippen LogP) is 4.34. The Labute approximate surface area is 195 Å². The van der Waals surface area contributed by atoms with Crippen LogP contribution in [0.2, 0.25) is 5.02 Å². The van der Waals surface area contributed by atoms with E-state index in [1.54, 1.807) is 18.5 Å². The number of hydrogen-bond donors (Lipinski definition) is 2. The maximum Gasteiger partial charge on any atom is 0.251 e. The summed E-state index contributed by atoms with van der Waals surface area (Å²) in [5.41, 5.74) is 12.0. The number of anilines is 1. The molecule has 0 bridgehead atoms. The lowest BCUT2D eigenvalue weighted by Crippen LogP contribution is -2.23. The number of nitrogens with one attached hydrogen (secondary N) is 1. The van der Waals surface area contributed by atoms with Gasteiger partial charge < -0.3 is 11.1 Å². The maximum absolute atomic E-state index is 12.8. The van der Waals surface area contributed by atoms with Crippen molar-refractivity contribution in [2.45, 2.75) is 19.9 Å². The molecule has 0 fully saturated rings. The summed E-state index contributed by atoms with van der Waals surface area (Å²) in [7, 11) is 0. The number of aryl methyl sites for hydroxylation is 1. The van der Waals surface area contributed by atoms with Gasteiger partial charge in [-0.05, 0) is 60.5 Å². The number of carbonyl (C=O) groups is 1. The Morgan fingerprint density at radius 2 is 1.97 bits per heavy atom. The van der Waals surface area contributed by atoms with Gasteiger partial charge in [-0.15, -0.1) is 0 Å². The summed E-state index contributed by atoms with van der Waals surface area (Å²) in [6.07, 6.45) is 5.76. The third-order valence-electron chi connectivity index (χ3n) is 5.55. The van der Waals surface area contributed by atoms with Gasteiger partial charge in [0.25, 0.3) is 5.91 Å². The van der Waals surface area contributed by atoms with Crippen molar-refractivity contribution < 1.29 is 4.79 Å². The van der Waals surface area contributed by atoms with Crippen LogP contribution in [0, 0.1) is 6.92 Å². The van der Waals surface area contributed by atoms with E-state index < -0.39 is 0 Å². The topological polar surface area (TPSA) is 98.2 Å². The molecule has 1 aromatic carbocycles. The third-order valence-corrected chi connectivity index (χ3v) is 5.76. The van der Waals surface area contributed by atoms with Gasteiger partial charge in [0.05, 0.1) is 21.7 Å². The quantitative estimate of drug-likeness (QED) is 0.410. The number of aromatic nitrogens is 4. The minimum Gasteiger partial charge on any atom is -0.369 e. The molecule has 0 saturated heterocycles. The Morgan fingerprint density at radius 3 is 2.85 bits per heavy atom. The first-order chi connectivity index (χ1) is 16.0. The van der Waals surface area contributed by atoms with E-state index in [2.05, 4.69) is 20.3 Å². The van der Waals surface area contributed by atoms with E-state index in [0.29, 0.717) is 29.5 Å². The van der Waals surface area contributed by atoms with Gasteiger partial charge in [0.15, 0.2) is 0 Å². The fraction of sp³-hybridized carbons (Fsp3) is 0.120. The first kappa shape index (κ1) is 20.9. The Kier molecular flexibility index (Phi) is 5.40. The Morgan fingerprint density at radius 1 is 1.09 bits per heavy atom. The van der Waals surface area contributed by atoms with Crippen LogP contribution in [-0.2, 0) is 13.0 Å². The third kappa shape index (κ3) is 4.36. The van der Waals surface area contributed by atoms with Gasteiger partial charge in [-0.3, -0.25) is 19.2 Å². The molecule has 0 saturated carbocycles. The Hall–Kier alpha value is -3.97. The first-order valence-corrected chi connectivity index (χ1v) is 10.8. The van der Waals surface area contributed by atoms with Crippen molar-refractivity contribution in [3.8, 4) is 0 Å². The normalized spacial score (nSPS) is 11.2. The number of halogens is 1. The molecule has 4 heterocycles. The number of amides is 1. The van der Waals surface area contributed by atoms with E-state index in [4.69, 9.17) is 17.3 Å². The van der Waals surface area contributed by atoms with E-state index in [1.807, 2.05) is 60.0 Å². The van der Waals surface area contributed by atoms with Crippen molar-refractivity contribution in [3.05, 3.63) is 100 Å². The zero-order valence-corrected chi connectivity index (χ0v) is 18.7. The van der Waals surface area contributed by atoms with E-state index in [9.17, 15) is 4.79 Å². The summed E-state index contributed by atoms with van der Waals surface area (Å²) >= 11 is 6.07. The highest BCUT2D eigenvalue weighted by Crippen LogP contribution is 2.20. The van der Waals surface area contributed by atoms with Gasteiger partial charge in [0.2, 0.25) is 5.95 Å². The molecule has 0 radical (unpaired) electrons. The number of nitrogen functional groups attached to an aromatic ring is 1. The van der Waals surface area contributed by atoms with Crippen molar-refractivity contribution in [1.29, 1.82) is 0 Å². The molecule has 4 aromatic heterocycles. The lowest BCUT2D eigenvalue weighted by molar-refractivity contribution is 0.0950. The summed E-state index contributed by atoms with van der Waals surface area (Å²) in [6.45, 7) is 2.31. The van der Waals surface area contributed by atoms with Crippen LogP contribution in [0.5, 0.6) is 0 Å². The van der Waals surface area contributed by atoms with Crippen LogP contribution < -0.4 is 11.1 Å². The van der Waals surface area contributed by atoms with Crippen LogP contribution in [0.15, 0.2) is 67.1 Å². The molecule has 33 heavy (non-hydrogen) atoms. The van der Waals surface area contributed by atoms with E-state index >= 15 is 0 Å². The highest BCUT2D eigenvalue weighted by molar-refractivity contribution is 6.31. The van der Waals surface area contributed by atoms with Crippen molar-refractivity contribution in [3.63, 3.8) is 0 Å². The van der Waals surface area contributed by atoms with Gasteiger partial charge in [-0.2, -0.15) is 0 Å². The van der Waals surface area contributed by atoms with Crippen LogP contribution in [-0.4, -0.2) is 25.3 Å². The molecule has 3 N–H and O–H groups in total. The number of hydrogen-bond acceptors (Lipinski definition) is 5. The van der Waals surface area contributed by atoms with Crippen molar-refractivity contribution >= 4 is 39.9 Å². The fourth-order valence-electron chi connectivity index (χ4n) is 3.89. The van der Waals surface area contributed by atoms with E-state index in [0.717, 1.165) is 38.9 Å². The highest BCUT2D eigenvalue weighted by Gasteiger charge is 2.10. The van der Waals surface area contributed by atoms with Crippen molar-refractivity contribution in [2.24, 2.45) is 0 Å². The summed E-state index contributed by atoms with van der Waals surface area (Å²) in [4.78, 5) is 25.8. The van der Waals surface area contributed by atoms with Gasteiger partial charge in [-0.1, -0.05) is 17.7 Å². The lowest BCUT2D eigenvalue weighted by Gasteiger charge is -2.08. The summed E-state index contributed by atoms with van der Waals surface area (Å²) < 4.78 is 1.83. The minimum absolute atomic E-state index is 0.155. The monoisotopic (exact) mass is 456 g/mol. The molecule has 0 aliphatic carbocycles. The van der Waals surface area contributed by atoms with Crippen LogP contribution >= 0.6 is 11.6 Å². The van der Waals surface area contributed by atoms with Crippen LogP contribution in [0.1, 0.15) is 32.9 Å². The number of carbonyl (C=O) groups excluding carboxylic acids is 1. The molecule has 8 heteroatoms. The molecule has 0 unspecified atom stereocenters. The summed E-state index contributed by atoms with van der Waals surface area (Å²) in [5.74, 6) is 0.297. The number of pyridine rings is 3. The summed E-state index contributed by atoms with van der Waals surface area (Å²) in [6, 6.07) is 15.4. The van der Waals surface area contributed by atoms with Crippen molar-refractivity contribution in [1.82, 2.24) is 24.7 Å². The second-order valence-electron chi connectivity index (χ2n) is 7.92. The van der Waals surface area contributed by atoms with Gasteiger partial charge >= 0.3 is 0 Å². The molecule has 7 nitrogen and oxygen atoms in total. The predicted molar refractivity (Wildman–Crippen MR) is 129 cm³/mol. The molecule has 164 valence electrons. The Bertz CT molecular complexity index is 1510. The molecule has 0 atom stereocenters. The molecule has 5 aromatic rings. The number of fused-ring (bicyclic) bond motifs is 2. The molecule has 0 aliphatic rings. The first-order valence-electron chi connectivity index (χ1n) is 10.5. The second kappa shape index (κ2) is 8.52. The molecular weight excluding hydrogens is 436 g/mol. The van der Waals surface area contributed by atoms with Gasteiger partial charge in [-0.25, -0.2) is 4.98 Å². The number of nitrogens with zero attached hydrogens (tertiary/aromatic N) is 4. The highest BCUT2D eigenvalue weighted by atomic mass is 35.5. The average Bonchev–Trinajstić information content (AvgIpc) is 3.10. The number of rotatable bonds is 5. The maximum atomic E-state index is 12.8. The number of benzene rings is 1. The van der Waals surface area contributed by atoms with Gasteiger partial charge in [0, 0.05) is 48.2 Å². The van der Waals surface area contributed by atoms with Crippen molar-refractivity contribution in [2.75, 3.05) is 5.73 Å². The standard InChI is InChI=1S/C25H21ClN6O/c1-15-23-10-17(5-7-32(23)25(27)31-15)13-30-24(33)18-4-6-28-21(12-18)9-16-2-3-22-19(8-16)11-20(26)14-29-22/h2-8,10-12,14H,9,13H2,1H3,(H2,27,31)(H,30,33).